The zero-order valence-corrected chi connectivity index (χ0v) is 10.8. The number of hydrogen-bond donors (Lipinski definition) is 0. The molecule has 0 spiro atoms. The van der Waals surface area contributed by atoms with Gasteiger partial charge in [0.15, 0.2) is 0 Å². The van der Waals surface area contributed by atoms with Crippen LogP contribution in [0.3, 0.4) is 0 Å². The van der Waals surface area contributed by atoms with Crippen molar-refractivity contribution in [2.24, 2.45) is 0 Å². The van der Waals surface area contributed by atoms with E-state index in [0.29, 0.717) is 5.88 Å². The predicted octanol–water partition coefficient (Wildman–Crippen LogP) is 4.83. The Morgan fingerprint density at radius 2 is 1.76 bits per heavy atom. The van der Waals surface area contributed by atoms with Crippen LogP contribution in [0.4, 0.5) is 0 Å². The average molecular weight is 247 g/mol. The van der Waals surface area contributed by atoms with Gasteiger partial charge in [-0.05, 0) is 54.8 Å². The van der Waals surface area contributed by atoms with Crippen molar-refractivity contribution in [2.75, 3.05) is 0 Å². The van der Waals surface area contributed by atoms with E-state index in [1.54, 1.807) is 0 Å². The van der Waals surface area contributed by atoms with Crippen LogP contribution in [0.15, 0.2) is 42.5 Å². The van der Waals surface area contributed by atoms with Gasteiger partial charge in [-0.3, -0.25) is 0 Å². The smallest absolute Gasteiger partial charge is 0.127 e. The average Bonchev–Trinajstić information content (AvgIpc) is 2.29. The van der Waals surface area contributed by atoms with Crippen LogP contribution < -0.4 is 4.74 Å². The Kier molecular flexibility index (Phi) is 3.70. The van der Waals surface area contributed by atoms with Crippen molar-refractivity contribution in [1.82, 2.24) is 0 Å². The van der Waals surface area contributed by atoms with Gasteiger partial charge in [0.25, 0.3) is 0 Å². The molecule has 1 nitrogen and oxygen atoms in total. The predicted molar refractivity (Wildman–Crippen MR) is 72.0 cm³/mol. The zero-order valence-electron chi connectivity index (χ0n) is 10.0. The van der Waals surface area contributed by atoms with E-state index >= 15 is 0 Å². The molecule has 0 aliphatic rings. The molecule has 0 bridgehead atoms. The molecule has 0 aromatic heterocycles. The Morgan fingerprint density at radius 1 is 1.00 bits per heavy atom. The summed E-state index contributed by atoms with van der Waals surface area (Å²) in [7, 11) is 0. The second-order valence-electron chi connectivity index (χ2n) is 4.14. The standard InChI is InChI=1S/C15H15ClO/c1-11-4-3-5-14(8-11)17-15-7-6-13(10-16)12(2)9-15/h3-9H,10H2,1-2H3. The topological polar surface area (TPSA) is 9.23 Å². The monoisotopic (exact) mass is 246 g/mol. The summed E-state index contributed by atoms with van der Waals surface area (Å²) < 4.78 is 5.80. The van der Waals surface area contributed by atoms with E-state index < -0.39 is 0 Å². The van der Waals surface area contributed by atoms with Crippen LogP contribution >= 0.6 is 11.6 Å². The summed E-state index contributed by atoms with van der Waals surface area (Å²) >= 11 is 5.82. The van der Waals surface area contributed by atoms with Crippen LogP contribution in [0.2, 0.25) is 0 Å². The maximum absolute atomic E-state index is 5.82. The lowest BCUT2D eigenvalue weighted by Gasteiger charge is -2.09. The molecule has 2 rings (SSSR count). The van der Waals surface area contributed by atoms with E-state index in [4.69, 9.17) is 16.3 Å². The maximum atomic E-state index is 5.82. The molecule has 0 aliphatic heterocycles. The van der Waals surface area contributed by atoms with E-state index in [9.17, 15) is 0 Å². The molecule has 0 N–H and O–H groups in total. The molecular weight excluding hydrogens is 232 g/mol. The van der Waals surface area contributed by atoms with Crippen molar-refractivity contribution < 1.29 is 4.74 Å². The molecule has 0 heterocycles. The van der Waals surface area contributed by atoms with Gasteiger partial charge >= 0.3 is 0 Å². The summed E-state index contributed by atoms with van der Waals surface area (Å²) in [6, 6.07) is 14.0. The molecule has 0 atom stereocenters. The minimum absolute atomic E-state index is 0.538. The van der Waals surface area contributed by atoms with Crippen LogP contribution in [-0.4, -0.2) is 0 Å². The largest absolute Gasteiger partial charge is 0.457 e. The SMILES string of the molecule is Cc1cccc(Oc2ccc(CCl)c(C)c2)c1. The molecular formula is C15H15ClO. The summed E-state index contributed by atoms with van der Waals surface area (Å²) in [5.41, 5.74) is 3.49. The van der Waals surface area contributed by atoms with E-state index in [1.165, 1.54) is 5.56 Å². The third-order valence-electron chi connectivity index (χ3n) is 2.68. The Bertz CT molecular complexity index is 520. The molecule has 0 radical (unpaired) electrons. The van der Waals surface area contributed by atoms with Gasteiger partial charge in [0.2, 0.25) is 0 Å². The summed E-state index contributed by atoms with van der Waals surface area (Å²) in [5, 5.41) is 0. The van der Waals surface area contributed by atoms with Gasteiger partial charge in [-0.25, -0.2) is 0 Å². The summed E-state index contributed by atoms with van der Waals surface area (Å²) in [6.07, 6.45) is 0. The maximum Gasteiger partial charge on any atom is 0.127 e. The van der Waals surface area contributed by atoms with Gasteiger partial charge in [0, 0.05) is 5.88 Å². The van der Waals surface area contributed by atoms with Crippen LogP contribution in [0.5, 0.6) is 11.5 Å². The third-order valence-corrected chi connectivity index (χ3v) is 2.97. The second kappa shape index (κ2) is 5.24. The fourth-order valence-electron chi connectivity index (χ4n) is 1.70. The lowest BCUT2D eigenvalue weighted by Crippen LogP contribution is -1.89. The van der Waals surface area contributed by atoms with Crippen LogP contribution in [0.25, 0.3) is 0 Å². The van der Waals surface area contributed by atoms with E-state index in [-0.39, 0.29) is 0 Å². The highest BCUT2D eigenvalue weighted by Crippen LogP contribution is 2.24. The molecule has 2 aromatic carbocycles. The minimum Gasteiger partial charge on any atom is -0.457 e. The number of aryl methyl sites for hydroxylation is 2. The van der Waals surface area contributed by atoms with Crippen LogP contribution in [0, 0.1) is 13.8 Å². The molecule has 0 amide bonds. The number of rotatable bonds is 3. The van der Waals surface area contributed by atoms with Crippen molar-refractivity contribution in [3.63, 3.8) is 0 Å². The normalized spacial score (nSPS) is 10.3. The molecule has 2 aromatic rings. The highest BCUT2D eigenvalue weighted by atomic mass is 35.5. The quantitative estimate of drug-likeness (QED) is 0.705. The Balaban J connectivity index is 2.22. The number of ether oxygens (including phenoxy) is 1. The van der Waals surface area contributed by atoms with Crippen molar-refractivity contribution in [3.8, 4) is 11.5 Å². The van der Waals surface area contributed by atoms with Gasteiger partial charge in [-0.15, -0.1) is 11.6 Å². The third kappa shape index (κ3) is 3.01. The number of hydrogen-bond acceptors (Lipinski definition) is 1. The lowest BCUT2D eigenvalue weighted by atomic mass is 10.1. The van der Waals surface area contributed by atoms with Crippen LogP contribution in [-0.2, 0) is 5.88 Å². The first-order valence-electron chi connectivity index (χ1n) is 5.59. The van der Waals surface area contributed by atoms with Gasteiger partial charge in [-0.2, -0.15) is 0 Å². The number of halogens is 1. The van der Waals surface area contributed by atoms with E-state index in [2.05, 4.69) is 13.0 Å². The molecule has 0 saturated carbocycles. The van der Waals surface area contributed by atoms with Crippen molar-refractivity contribution in [1.29, 1.82) is 0 Å². The molecule has 0 fully saturated rings. The Morgan fingerprint density at radius 3 is 2.41 bits per heavy atom. The van der Waals surface area contributed by atoms with Crippen molar-refractivity contribution >= 4 is 11.6 Å². The van der Waals surface area contributed by atoms with Gasteiger partial charge in [0.1, 0.15) is 11.5 Å². The van der Waals surface area contributed by atoms with E-state index in [1.807, 2.05) is 43.3 Å². The molecule has 88 valence electrons. The van der Waals surface area contributed by atoms with Gasteiger partial charge in [0.05, 0.1) is 0 Å². The Labute approximate surface area is 107 Å². The fraction of sp³-hybridized carbons (Fsp3) is 0.200. The molecule has 0 aliphatic carbocycles. The molecule has 2 heteroatoms. The van der Waals surface area contributed by atoms with E-state index in [0.717, 1.165) is 22.6 Å². The second-order valence-corrected chi connectivity index (χ2v) is 4.41. The first kappa shape index (κ1) is 12.0. The lowest BCUT2D eigenvalue weighted by molar-refractivity contribution is 0.481. The summed E-state index contributed by atoms with van der Waals surface area (Å²) in [5.74, 6) is 2.25. The zero-order chi connectivity index (χ0) is 12.3. The van der Waals surface area contributed by atoms with Gasteiger partial charge < -0.3 is 4.74 Å². The fourth-order valence-corrected chi connectivity index (χ4v) is 2.00. The number of benzene rings is 2. The highest BCUT2D eigenvalue weighted by molar-refractivity contribution is 6.17. The molecule has 17 heavy (non-hydrogen) atoms. The first-order chi connectivity index (χ1) is 8.19. The minimum atomic E-state index is 0.538. The Hall–Kier alpha value is -1.47. The number of alkyl halides is 1. The molecule has 0 saturated heterocycles. The van der Waals surface area contributed by atoms with Crippen molar-refractivity contribution in [3.05, 3.63) is 59.2 Å². The van der Waals surface area contributed by atoms with Crippen LogP contribution in [0.1, 0.15) is 16.7 Å². The summed E-state index contributed by atoms with van der Waals surface area (Å²) in [4.78, 5) is 0. The first-order valence-corrected chi connectivity index (χ1v) is 6.12. The molecule has 0 unspecified atom stereocenters. The van der Waals surface area contributed by atoms with Crippen molar-refractivity contribution in [2.45, 2.75) is 19.7 Å². The van der Waals surface area contributed by atoms with Gasteiger partial charge in [-0.1, -0.05) is 18.2 Å². The highest BCUT2D eigenvalue weighted by Gasteiger charge is 2.01. The summed E-state index contributed by atoms with van der Waals surface area (Å²) in [6.45, 7) is 4.09.